The quantitative estimate of drug-likeness (QED) is 0.402. The predicted octanol–water partition coefficient (Wildman–Crippen LogP) is 8.02. The fourth-order valence-corrected chi connectivity index (χ4v) is 8.10. The van der Waals surface area contributed by atoms with Crippen molar-refractivity contribution in [1.29, 1.82) is 0 Å². The number of esters is 1. The third kappa shape index (κ3) is 4.18. The summed E-state index contributed by atoms with van der Waals surface area (Å²) in [4.78, 5) is 11.5. The minimum absolute atomic E-state index is 0.109. The molecule has 4 rings (SSSR count). The number of carbonyl (C=O) groups is 1. The lowest BCUT2D eigenvalue weighted by Gasteiger charge is -2.54. The summed E-state index contributed by atoms with van der Waals surface area (Å²) < 4.78 is 5.63. The molecule has 6 atom stereocenters. The van der Waals surface area contributed by atoms with E-state index in [9.17, 15) is 4.79 Å². The first-order chi connectivity index (χ1) is 14.6. The van der Waals surface area contributed by atoms with Crippen molar-refractivity contribution >= 4 is 5.97 Å². The molecule has 4 aliphatic rings. The van der Waals surface area contributed by atoms with Gasteiger partial charge in [-0.15, -0.1) is 0 Å². The summed E-state index contributed by atoms with van der Waals surface area (Å²) in [5.74, 6) is 3.05. The van der Waals surface area contributed by atoms with Crippen molar-refractivity contribution in [2.24, 2.45) is 34.5 Å². The van der Waals surface area contributed by atoms with Gasteiger partial charge in [0, 0.05) is 6.92 Å². The van der Waals surface area contributed by atoms with Gasteiger partial charge in [0.1, 0.15) is 6.10 Å². The van der Waals surface area contributed by atoms with Crippen LogP contribution in [0, 0.1) is 34.5 Å². The smallest absolute Gasteiger partial charge is 0.302 e. The Morgan fingerprint density at radius 3 is 2.58 bits per heavy atom. The molecule has 0 aliphatic heterocycles. The predicted molar refractivity (Wildman–Crippen MR) is 129 cm³/mol. The summed E-state index contributed by atoms with van der Waals surface area (Å²) in [6.07, 6.45) is 16.7. The van der Waals surface area contributed by atoms with Gasteiger partial charge in [-0.1, -0.05) is 65.5 Å². The van der Waals surface area contributed by atoms with Crippen LogP contribution in [0.15, 0.2) is 22.8 Å². The maximum Gasteiger partial charge on any atom is 0.302 e. The average molecular weight is 427 g/mol. The van der Waals surface area contributed by atoms with Crippen LogP contribution in [0.1, 0.15) is 112 Å². The fourth-order valence-electron chi connectivity index (χ4n) is 8.10. The molecule has 0 heterocycles. The zero-order valence-electron chi connectivity index (χ0n) is 21.1. The number of allylic oxidation sites excluding steroid dienone is 4. The fraction of sp³-hybridized carbons (Fsp3) is 0.828. The van der Waals surface area contributed by atoms with Crippen molar-refractivity contribution in [3.63, 3.8) is 0 Å². The van der Waals surface area contributed by atoms with Gasteiger partial charge in [0.25, 0.3) is 0 Å². The molecule has 31 heavy (non-hydrogen) atoms. The maximum atomic E-state index is 11.5. The van der Waals surface area contributed by atoms with Crippen LogP contribution < -0.4 is 0 Å². The van der Waals surface area contributed by atoms with Gasteiger partial charge in [-0.2, -0.15) is 0 Å². The van der Waals surface area contributed by atoms with E-state index >= 15 is 0 Å². The van der Waals surface area contributed by atoms with Gasteiger partial charge < -0.3 is 4.74 Å². The number of hydrogen-bond acceptors (Lipinski definition) is 2. The van der Waals surface area contributed by atoms with E-state index in [0.29, 0.717) is 16.7 Å². The molecule has 0 bridgehead atoms. The Bertz CT molecular complexity index is 759. The van der Waals surface area contributed by atoms with Crippen molar-refractivity contribution in [2.45, 2.75) is 118 Å². The van der Waals surface area contributed by atoms with E-state index in [-0.39, 0.29) is 12.1 Å². The zero-order valence-corrected chi connectivity index (χ0v) is 21.1. The van der Waals surface area contributed by atoms with E-state index in [1.54, 1.807) is 23.6 Å². The van der Waals surface area contributed by atoms with Crippen LogP contribution in [0.25, 0.3) is 0 Å². The van der Waals surface area contributed by atoms with Crippen LogP contribution in [-0.2, 0) is 9.53 Å². The third-order valence-electron chi connectivity index (χ3n) is 9.92. The van der Waals surface area contributed by atoms with E-state index < -0.39 is 0 Å². The second kappa shape index (κ2) is 8.71. The highest BCUT2D eigenvalue weighted by molar-refractivity contribution is 5.66. The van der Waals surface area contributed by atoms with Crippen LogP contribution in [-0.4, -0.2) is 12.1 Å². The molecule has 0 aromatic carbocycles. The van der Waals surface area contributed by atoms with Crippen LogP contribution in [0.3, 0.4) is 0 Å². The van der Waals surface area contributed by atoms with E-state index in [1.165, 1.54) is 57.8 Å². The number of rotatable bonds is 6. The van der Waals surface area contributed by atoms with E-state index in [0.717, 1.165) is 30.6 Å². The molecule has 2 nitrogen and oxygen atoms in total. The largest absolute Gasteiger partial charge is 0.463 e. The molecule has 2 heteroatoms. The molecule has 1 saturated carbocycles. The summed E-state index contributed by atoms with van der Waals surface area (Å²) in [7, 11) is 0. The van der Waals surface area contributed by atoms with Crippen LogP contribution >= 0.6 is 0 Å². The van der Waals surface area contributed by atoms with Crippen molar-refractivity contribution in [2.75, 3.05) is 0 Å². The first-order valence-corrected chi connectivity index (χ1v) is 13.3. The highest BCUT2D eigenvalue weighted by Crippen LogP contribution is 2.64. The Balaban J connectivity index is 1.50. The van der Waals surface area contributed by atoms with Gasteiger partial charge >= 0.3 is 5.97 Å². The molecule has 0 N–H and O–H groups in total. The van der Waals surface area contributed by atoms with Crippen molar-refractivity contribution < 1.29 is 9.53 Å². The lowest BCUT2D eigenvalue weighted by atomic mass is 9.51. The monoisotopic (exact) mass is 426 g/mol. The Hall–Kier alpha value is -1.05. The minimum atomic E-state index is -0.109. The van der Waals surface area contributed by atoms with Crippen LogP contribution in [0.5, 0.6) is 0 Å². The SMILES string of the molecule is CC(=O)OC1CC[C@]2(C)C3=C(CCC2C1)C1=CC[C@H]([C@H](C)CCCC(C)C)[C@@]1(C)CC3. The Morgan fingerprint density at radius 1 is 1.10 bits per heavy atom. The average Bonchev–Trinajstić information content (AvgIpc) is 3.05. The second-order valence-corrected chi connectivity index (χ2v) is 12.3. The molecule has 0 spiro atoms. The van der Waals surface area contributed by atoms with Crippen molar-refractivity contribution in [3.8, 4) is 0 Å². The summed E-state index contributed by atoms with van der Waals surface area (Å²) >= 11 is 0. The van der Waals surface area contributed by atoms with E-state index in [2.05, 4.69) is 40.7 Å². The summed E-state index contributed by atoms with van der Waals surface area (Å²) in [6, 6.07) is 0. The molecular weight excluding hydrogens is 380 g/mol. The number of fused-ring (bicyclic) bond motifs is 4. The van der Waals surface area contributed by atoms with Gasteiger partial charge in [0.15, 0.2) is 0 Å². The first kappa shape index (κ1) is 23.1. The standard InChI is InChI=1S/C29H46O2/c1-19(2)8-7-9-20(3)25-12-13-26-24-11-10-22-18-23(31-21(4)30)14-16-28(22,5)27(24)15-17-29(25,26)6/h13,19-20,22-23,25H,7-12,14-18H2,1-6H3/t20-,22?,23?,25-,28+,29-/m1/s1. The summed E-state index contributed by atoms with van der Waals surface area (Å²) in [6.45, 7) is 13.9. The van der Waals surface area contributed by atoms with Crippen molar-refractivity contribution in [3.05, 3.63) is 22.8 Å². The van der Waals surface area contributed by atoms with E-state index in [4.69, 9.17) is 4.74 Å². The van der Waals surface area contributed by atoms with Gasteiger partial charge in [-0.05, 0) is 97.0 Å². The number of ether oxygens (including phenoxy) is 1. The van der Waals surface area contributed by atoms with Crippen LogP contribution in [0.2, 0.25) is 0 Å². The molecule has 174 valence electrons. The Morgan fingerprint density at radius 2 is 1.87 bits per heavy atom. The molecule has 0 aromatic rings. The highest BCUT2D eigenvalue weighted by atomic mass is 16.5. The molecule has 0 saturated heterocycles. The molecule has 2 unspecified atom stereocenters. The topological polar surface area (TPSA) is 26.3 Å². The van der Waals surface area contributed by atoms with Gasteiger partial charge in [-0.25, -0.2) is 0 Å². The zero-order chi connectivity index (χ0) is 22.4. The molecule has 4 aliphatic carbocycles. The lowest BCUT2D eigenvalue weighted by Crippen LogP contribution is -2.44. The highest BCUT2D eigenvalue weighted by Gasteiger charge is 2.53. The molecule has 0 radical (unpaired) electrons. The number of carbonyl (C=O) groups excluding carboxylic acids is 1. The third-order valence-corrected chi connectivity index (χ3v) is 9.92. The van der Waals surface area contributed by atoms with Gasteiger partial charge in [0.2, 0.25) is 0 Å². The lowest BCUT2D eigenvalue weighted by molar-refractivity contribution is -0.150. The number of hydrogen-bond donors (Lipinski definition) is 0. The molecule has 1 fully saturated rings. The molecular formula is C29H46O2. The Kier molecular flexibility index (Phi) is 6.50. The first-order valence-electron chi connectivity index (χ1n) is 13.3. The summed E-state index contributed by atoms with van der Waals surface area (Å²) in [5.41, 5.74) is 6.02. The summed E-state index contributed by atoms with van der Waals surface area (Å²) in [5, 5.41) is 0. The molecule has 0 amide bonds. The maximum absolute atomic E-state index is 11.5. The molecule has 0 aromatic heterocycles. The van der Waals surface area contributed by atoms with Gasteiger partial charge in [0.05, 0.1) is 0 Å². The van der Waals surface area contributed by atoms with Crippen LogP contribution in [0.4, 0.5) is 0 Å². The van der Waals surface area contributed by atoms with E-state index in [1.807, 2.05) is 0 Å². The normalized spacial score (nSPS) is 38.3. The van der Waals surface area contributed by atoms with Gasteiger partial charge in [-0.3, -0.25) is 4.79 Å². The van der Waals surface area contributed by atoms with Crippen molar-refractivity contribution in [1.82, 2.24) is 0 Å². The Labute approximate surface area is 191 Å². The second-order valence-electron chi connectivity index (χ2n) is 12.3. The minimum Gasteiger partial charge on any atom is -0.463 e.